The third-order valence-corrected chi connectivity index (χ3v) is 8.66. The van der Waals surface area contributed by atoms with Gasteiger partial charge in [0.05, 0.1) is 6.04 Å². The second-order valence-corrected chi connectivity index (χ2v) is 10.7. The van der Waals surface area contributed by atoms with Crippen molar-refractivity contribution in [1.29, 1.82) is 0 Å². The molecule has 0 unspecified atom stereocenters. The first-order chi connectivity index (χ1) is 16.1. The Labute approximate surface area is 207 Å². The first kappa shape index (κ1) is 26.9. The van der Waals surface area contributed by atoms with Crippen LogP contribution in [0.15, 0.2) is 30.3 Å². The lowest BCUT2D eigenvalue weighted by molar-refractivity contribution is -0.142. The normalized spacial score (nSPS) is 25.3. The highest BCUT2D eigenvalue weighted by Crippen LogP contribution is 2.38. The van der Waals surface area contributed by atoms with Gasteiger partial charge in [0.15, 0.2) is 0 Å². The molecule has 0 aromatic heterocycles. The maximum absolute atomic E-state index is 14.0. The summed E-state index contributed by atoms with van der Waals surface area (Å²) in [6.07, 6.45) is 9.64. The van der Waals surface area contributed by atoms with Crippen LogP contribution in [-0.2, 0) is 16.0 Å². The smallest absolute Gasteiger partial charge is 0.226 e. The van der Waals surface area contributed by atoms with E-state index in [1.165, 1.54) is 31.2 Å². The van der Waals surface area contributed by atoms with Gasteiger partial charge >= 0.3 is 0 Å². The molecular weight excluding hydrogens is 422 g/mol. The predicted octanol–water partition coefficient (Wildman–Crippen LogP) is 4.55. The van der Waals surface area contributed by atoms with Crippen LogP contribution in [0.3, 0.4) is 0 Å². The second-order valence-electron chi connectivity index (χ2n) is 10.7. The molecule has 5 nitrogen and oxygen atoms in total. The molecule has 2 saturated heterocycles. The summed E-state index contributed by atoms with van der Waals surface area (Å²) in [6.45, 7) is 5.98. The van der Waals surface area contributed by atoms with Crippen LogP contribution in [0.4, 0.5) is 0 Å². The summed E-state index contributed by atoms with van der Waals surface area (Å²) in [5.41, 5.74) is 1.38. The van der Waals surface area contributed by atoms with Gasteiger partial charge in [-0.1, -0.05) is 57.0 Å². The first-order valence-corrected chi connectivity index (χ1v) is 13.3. The average Bonchev–Trinajstić information content (AvgIpc) is 3.29. The van der Waals surface area contributed by atoms with E-state index < -0.39 is 0 Å². The Balaban J connectivity index is 0.00000324. The lowest BCUT2D eigenvalue weighted by Gasteiger charge is -2.40. The van der Waals surface area contributed by atoms with Crippen molar-refractivity contribution in [3.8, 4) is 0 Å². The molecule has 34 heavy (non-hydrogen) atoms. The molecule has 0 bridgehead atoms. The van der Waals surface area contributed by atoms with Crippen molar-refractivity contribution in [3.05, 3.63) is 35.9 Å². The Morgan fingerprint density at radius 2 is 1.74 bits per heavy atom. The standard InChI is InChI=1S/C28H43N3O2.CH4/c1-21(29-2)27(32)19-25(23-11-7-4-8-12-23)28(33)31-18-15-24-14-17-30(20-26(24)31)16-13-22-9-5-3-6-10-22;/h3,5-6,9-10,21,23-26,29H,4,7-8,11-20H2,1-2H3;1H4/t21-,24+,25-,26+;/m0./s1. The molecule has 4 rings (SSSR count). The van der Waals surface area contributed by atoms with Crippen molar-refractivity contribution >= 4 is 11.7 Å². The number of ketones is 1. The molecular formula is C29H47N3O2. The quantitative estimate of drug-likeness (QED) is 0.576. The minimum Gasteiger partial charge on any atom is -0.338 e. The fourth-order valence-electron chi connectivity index (χ4n) is 6.37. The topological polar surface area (TPSA) is 52.7 Å². The lowest BCUT2D eigenvalue weighted by Crippen LogP contribution is -2.52. The van der Waals surface area contributed by atoms with Crippen LogP contribution in [0.1, 0.15) is 71.3 Å². The van der Waals surface area contributed by atoms with Crippen molar-refractivity contribution in [3.63, 3.8) is 0 Å². The van der Waals surface area contributed by atoms with Crippen molar-refractivity contribution in [2.75, 3.05) is 33.2 Å². The molecule has 2 aliphatic heterocycles. The number of piperidine rings is 1. The number of rotatable bonds is 9. The molecule has 0 radical (unpaired) electrons. The monoisotopic (exact) mass is 469 g/mol. The highest BCUT2D eigenvalue weighted by molar-refractivity contribution is 5.90. The third-order valence-electron chi connectivity index (χ3n) is 8.66. The van der Waals surface area contributed by atoms with Crippen LogP contribution in [0.2, 0.25) is 0 Å². The number of benzene rings is 1. The SMILES string of the molecule is C.CN[C@@H](C)C(=O)C[C@H](C(=O)N1CC[C@H]2CCN(CCc3ccccc3)C[C@H]21)C1CCCCC1. The fraction of sp³-hybridized carbons (Fsp3) is 0.724. The molecule has 3 aliphatic rings. The molecule has 0 spiro atoms. The summed E-state index contributed by atoms with van der Waals surface area (Å²) in [5, 5.41) is 3.08. The summed E-state index contributed by atoms with van der Waals surface area (Å²) in [4.78, 5) is 31.6. The highest BCUT2D eigenvalue weighted by Gasteiger charge is 2.44. The maximum Gasteiger partial charge on any atom is 0.226 e. The molecule has 4 atom stereocenters. The van der Waals surface area contributed by atoms with Crippen molar-refractivity contribution in [2.24, 2.45) is 17.8 Å². The summed E-state index contributed by atoms with van der Waals surface area (Å²) in [5.74, 6) is 1.32. The van der Waals surface area contributed by atoms with E-state index in [9.17, 15) is 9.59 Å². The van der Waals surface area contributed by atoms with E-state index >= 15 is 0 Å². The summed E-state index contributed by atoms with van der Waals surface area (Å²) < 4.78 is 0. The van der Waals surface area contributed by atoms with Crippen LogP contribution in [0.5, 0.6) is 0 Å². The van der Waals surface area contributed by atoms with E-state index in [1.807, 2.05) is 14.0 Å². The van der Waals surface area contributed by atoms with Gasteiger partial charge in [-0.2, -0.15) is 0 Å². The molecule has 1 aromatic rings. The van der Waals surface area contributed by atoms with Crippen molar-refractivity contribution in [2.45, 2.75) is 84.2 Å². The maximum atomic E-state index is 14.0. The number of carbonyl (C=O) groups is 2. The fourth-order valence-corrected chi connectivity index (χ4v) is 6.37. The van der Waals surface area contributed by atoms with Gasteiger partial charge in [-0.3, -0.25) is 9.59 Å². The van der Waals surface area contributed by atoms with E-state index in [-0.39, 0.29) is 31.1 Å². The number of nitrogens with one attached hydrogen (secondary N) is 1. The third kappa shape index (κ3) is 6.48. The van der Waals surface area contributed by atoms with Gasteiger partial charge in [-0.15, -0.1) is 0 Å². The number of fused-ring (bicyclic) bond motifs is 1. The van der Waals surface area contributed by atoms with E-state index in [0.29, 0.717) is 24.3 Å². The second kappa shape index (κ2) is 12.8. The van der Waals surface area contributed by atoms with E-state index in [1.54, 1.807) is 0 Å². The molecule has 5 heteroatoms. The summed E-state index contributed by atoms with van der Waals surface area (Å²) in [6, 6.07) is 10.8. The zero-order valence-electron chi connectivity index (χ0n) is 20.7. The molecule has 2 heterocycles. The number of hydrogen-bond donors (Lipinski definition) is 1. The Morgan fingerprint density at radius 3 is 2.44 bits per heavy atom. The molecule has 1 saturated carbocycles. The number of Topliss-reactive ketones (excluding diaryl/α,β-unsaturated/α-hetero) is 1. The van der Waals surface area contributed by atoms with E-state index in [4.69, 9.17) is 0 Å². The largest absolute Gasteiger partial charge is 0.338 e. The minimum atomic E-state index is -0.182. The minimum absolute atomic E-state index is 0. The molecule has 1 aromatic carbocycles. The first-order valence-electron chi connectivity index (χ1n) is 13.3. The van der Waals surface area contributed by atoms with Crippen LogP contribution in [0, 0.1) is 17.8 Å². The van der Waals surface area contributed by atoms with Crippen LogP contribution in [0.25, 0.3) is 0 Å². The van der Waals surface area contributed by atoms with E-state index in [2.05, 4.69) is 45.4 Å². The number of carbonyl (C=O) groups excluding carboxylic acids is 2. The Kier molecular flexibility index (Phi) is 10.1. The van der Waals surface area contributed by atoms with Crippen LogP contribution in [-0.4, -0.2) is 66.8 Å². The number of likely N-dealkylation sites (tertiary alicyclic amines) is 2. The highest BCUT2D eigenvalue weighted by atomic mass is 16.2. The number of likely N-dealkylation sites (N-methyl/N-ethyl adjacent to an activating group) is 1. The van der Waals surface area contributed by atoms with Gasteiger partial charge in [-0.05, 0) is 70.0 Å². The van der Waals surface area contributed by atoms with Gasteiger partial charge in [-0.25, -0.2) is 0 Å². The zero-order chi connectivity index (χ0) is 23.2. The molecule has 1 N–H and O–H groups in total. The van der Waals surface area contributed by atoms with Crippen molar-refractivity contribution < 1.29 is 9.59 Å². The lowest BCUT2D eigenvalue weighted by atomic mass is 9.76. The predicted molar refractivity (Wildman–Crippen MR) is 140 cm³/mol. The summed E-state index contributed by atoms with van der Waals surface area (Å²) >= 11 is 0. The average molecular weight is 470 g/mol. The molecule has 1 aliphatic carbocycles. The van der Waals surface area contributed by atoms with Gasteiger partial charge in [0.25, 0.3) is 0 Å². The van der Waals surface area contributed by atoms with Crippen LogP contribution < -0.4 is 5.32 Å². The number of amides is 1. The summed E-state index contributed by atoms with van der Waals surface area (Å²) in [7, 11) is 1.83. The Hall–Kier alpha value is -1.72. The zero-order valence-corrected chi connectivity index (χ0v) is 20.7. The van der Waals surface area contributed by atoms with E-state index in [0.717, 1.165) is 51.9 Å². The van der Waals surface area contributed by atoms with Gasteiger partial charge in [0.1, 0.15) is 5.78 Å². The Bertz CT molecular complexity index is 777. The molecule has 190 valence electrons. The molecule has 3 fully saturated rings. The van der Waals surface area contributed by atoms with Gasteiger partial charge < -0.3 is 15.1 Å². The molecule has 1 amide bonds. The number of nitrogens with zero attached hydrogens (tertiary/aromatic N) is 2. The van der Waals surface area contributed by atoms with Crippen LogP contribution >= 0.6 is 0 Å². The van der Waals surface area contributed by atoms with Gasteiger partial charge in [0, 0.05) is 38.0 Å². The van der Waals surface area contributed by atoms with Gasteiger partial charge in [0.2, 0.25) is 5.91 Å². The van der Waals surface area contributed by atoms with Crippen molar-refractivity contribution in [1.82, 2.24) is 15.1 Å². The number of hydrogen-bond acceptors (Lipinski definition) is 4. The Morgan fingerprint density at radius 1 is 1.03 bits per heavy atom.